The molecule has 9 heteroatoms. The fourth-order valence-corrected chi connectivity index (χ4v) is 5.48. The molecule has 0 aliphatic carbocycles. The minimum Gasteiger partial charge on any atom is -0.490 e. The molecule has 2 aliphatic heterocycles. The average Bonchev–Trinajstić information content (AvgIpc) is 3.02. The van der Waals surface area contributed by atoms with Gasteiger partial charge >= 0.3 is 6.09 Å². The maximum absolute atomic E-state index is 15.9. The van der Waals surface area contributed by atoms with Gasteiger partial charge in [0.15, 0.2) is 0 Å². The second-order valence-electron chi connectivity index (χ2n) is 10.6. The van der Waals surface area contributed by atoms with Crippen LogP contribution in [0.2, 0.25) is 5.02 Å². The first-order valence-corrected chi connectivity index (χ1v) is 12.7. The van der Waals surface area contributed by atoms with Crippen molar-refractivity contribution in [1.29, 1.82) is 0 Å². The highest BCUT2D eigenvalue weighted by Crippen LogP contribution is 2.46. The molecule has 0 N–H and O–H groups in total. The van der Waals surface area contributed by atoms with E-state index < -0.39 is 11.4 Å². The fourth-order valence-electron chi connectivity index (χ4n) is 5.12. The third-order valence-corrected chi connectivity index (χ3v) is 7.21. The zero-order chi connectivity index (χ0) is 26.5. The number of aryl methyl sites for hydroxylation is 1. The lowest BCUT2D eigenvalue weighted by atomic mass is 9.93. The van der Waals surface area contributed by atoms with E-state index in [0.717, 1.165) is 10.9 Å². The lowest BCUT2D eigenvalue weighted by Crippen LogP contribution is -2.56. The number of benzene rings is 2. The van der Waals surface area contributed by atoms with Crippen molar-refractivity contribution in [2.45, 2.75) is 45.9 Å². The Labute approximate surface area is 221 Å². The smallest absolute Gasteiger partial charge is 0.410 e. The summed E-state index contributed by atoms with van der Waals surface area (Å²) in [4.78, 5) is 20.9. The van der Waals surface area contributed by atoms with E-state index in [2.05, 4.69) is 9.88 Å². The first kappa shape index (κ1) is 25.5. The first-order chi connectivity index (χ1) is 17.6. The standard InChI is InChI=1S/C28H31ClFN3O4/c1-16-6-7-17-8-9-31-26(35-5)22(17)21(16)23-20(30)12-18-13-32-10-11-33(27(34)37-28(2,3)4)14-19(32)15-36-25(18)24(23)29/h6-9,12,19H,10-11,13-15H2,1-5H3/t19-/m1/s1. The Balaban J connectivity index is 1.51. The highest BCUT2D eigenvalue weighted by atomic mass is 35.5. The van der Waals surface area contributed by atoms with Crippen LogP contribution < -0.4 is 9.47 Å². The normalized spacial score (nSPS) is 18.0. The fraction of sp³-hybridized carbons (Fsp3) is 0.429. The van der Waals surface area contributed by atoms with Crippen LogP contribution >= 0.6 is 11.6 Å². The summed E-state index contributed by atoms with van der Waals surface area (Å²) in [7, 11) is 1.54. The third-order valence-electron chi connectivity index (χ3n) is 6.85. The Morgan fingerprint density at radius 2 is 2.00 bits per heavy atom. The summed E-state index contributed by atoms with van der Waals surface area (Å²) in [5.74, 6) is 0.442. The van der Waals surface area contributed by atoms with Gasteiger partial charge in [-0.2, -0.15) is 0 Å². The summed E-state index contributed by atoms with van der Waals surface area (Å²) in [6.07, 6.45) is 1.32. The monoisotopic (exact) mass is 527 g/mol. The molecule has 0 unspecified atom stereocenters. The number of amides is 1. The minimum absolute atomic E-state index is 0.0696. The summed E-state index contributed by atoms with van der Waals surface area (Å²) < 4.78 is 33.2. The van der Waals surface area contributed by atoms with Crippen molar-refractivity contribution in [3.8, 4) is 22.8 Å². The highest BCUT2D eigenvalue weighted by Gasteiger charge is 2.36. The van der Waals surface area contributed by atoms with E-state index in [1.807, 2.05) is 45.9 Å². The second kappa shape index (κ2) is 9.65. The van der Waals surface area contributed by atoms with Gasteiger partial charge < -0.3 is 19.1 Å². The summed E-state index contributed by atoms with van der Waals surface area (Å²) >= 11 is 6.93. The van der Waals surface area contributed by atoms with Crippen molar-refractivity contribution in [1.82, 2.24) is 14.8 Å². The van der Waals surface area contributed by atoms with Gasteiger partial charge in [-0.15, -0.1) is 0 Å². The number of carbonyl (C=O) groups is 1. The maximum Gasteiger partial charge on any atom is 0.410 e. The predicted molar refractivity (Wildman–Crippen MR) is 141 cm³/mol. The SMILES string of the molecule is COc1nccc2ccc(C)c(-c3c(F)cc4c(c3Cl)OC[C@H]3CN(C(=O)OC(C)(C)C)CCN3C4)c12. The van der Waals surface area contributed by atoms with Gasteiger partial charge in [0, 0.05) is 49.1 Å². The van der Waals surface area contributed by atoms with Crippen molar-refractivity contribution < 1.29 is 23.4 Å². The quantitative estimate of drug-likeness (QED) is 0.418. The molecule has 2 aliphatic rings. The zero-order valence-electron chi connectivity index (χ0n) is 21.7. The number of fused-ring (bicyclic) bond motifs is 3. The van der Waals surface area contributed by atoms with Gasteiger partial charge in [-0.05, 0) is 50.8 Å². The van der Waals surface area contributed by atoms with Crippen LogP contribution in [0.4, 0.5) is 9.18 Å². The lowest BCUT2D eigenvalue weighted by molar-refractivity contribution is -0.00154. The number of piperazine rings is 1. The molecule has 0 saturated carbocycles. The van der Waals surface area contributed by atoms with Crippen molar-refractivity contribution >= 4 is 28.5 Å². The van der Waals surface area contributed by atoms with Crippen LogP contribution in [0.25, 0.3) is 21.9 Å². The van der Waals surface area contributed by atoms with Crippen LogP contribution in [0.15, 0.2) is 30.5 Å². The molecule has 0 bridgehead atoms. The largest absolute Gasteiger partial charge is 0.490 e. The number of hydrogen-bond acceptors (Lipinski definition) is 6. The van der Waals surface area contributed by atoms with E-state index in [4.69, 9.17) is 25.8 Å². The Hall–Kier alpha value is -3.10. The molecule has 1 aromatic heterocycles. The number of hydrogen-bond donors (Lipinski definition) is 0. The van der Waals surface area contributed by atoms with E-state index in [0.29, 0.717) is 60.9 Å². The van der Waals surface area contributed by atoms with Crippen molar-refractivity contribution in [3.05, 3.63) is 52.4 Å². The minimum atomic E-state index is -0.566. The number of pyridine rings is 1. The number of carbonyl (C=O) groups excluding carboxylic acids is 1. The van der Waals surface area contributed by atoms with E-state index >= 15 is 4.39 Å². The number of rotatable bonds is 2. The van der Waals surface area contributed by atoms with Gasteiger partial charge in [0.05, 0.1) is 23.6 Å². The van der Waals surface area contributed by atoms with Gasteiger partial charge in [0.25, 0.3) is 0 Å². The topological polar surface area (TPSA) is 64.1 Å². The first-order valence-electron chi connectivity index (χ1n) is 12.4. The summed E-state index contributed by atoms with van der Waals surface area (Å²) in [6.45, 7) is 9.86. The van der Waals surface area contributed by atoms with E-state index in [1.165, 1.54) is 6.07 Å². The molecule has 1 fully saturated rings. The molecule has 2 aromatic carbocycles. The number of halogens is 2. The number of ether oxygens (including phenoxy) is 3. The average molecular weight is 528 g/mol. The van der Waals surface area contributed by atoms with Gasteiger partial charge in [-0.25, -0.2) is 14.2 Å². The summed E-state index contributed by atoms with van der Waals surface area (Å²) in [5, 5.41) is 1.79. The summed E-state index contributed by atoms with van der Waals surface area (Å²) in [5.41, 5.74) is 1.87. The van der Waals surface area contributed by atoms with Gasteiger partial charge in [-0.1, -0.05) is 23.7 Å². The number of aromatic nitrogens is 1. The number of nitrogens with zero attached hydrogens (tertiary/aromatic N) is 3. The van der Waals surface area contributed by atoms with Crippen LogP contribution in [0, 0.1) is 12.7 Å². The molecule has 0 spiro atoms. The Kier molecular flexibility index (Phi) is 6.66. The van der Waals surface area contributed by atoms with Crippen LogP contribution in [0.5, 0.6) is 11.6 Å². The Morgan fingerprint density at radius 1 is 1.22 bits per heavy atom. The van der Waals surface area contributed by atoms with Crippen LogP contribution in [-0.4, -0.2) is 65.9 Å². The molecule has 1 saturated heterocycles. The molecule has 196 valence electrons. The Bertz CT molecular complexity index is 1370. The molecular formula is C28H31ClFN3O4. The molecule has 3 aromatic rings. The lowest BCUT2D eigenvalue weighted by Gasteiger charge is -2.40. The highest BCUT2D eigenvalue weighted by molar-refractivity contribution is 6.35. The second-order valence-corrected chi connectivity index (χ2v) is 11.0. The van der Waals surface area contributed by atoms with Crippen molar-refractivity contribution in [2.24, 2.45) is 0 Å². The molecule has 37 heavy (non-hydrogen) atoms. The molecule has 1 amide bonds. The Morgan fingerprint density at radius 3 is 2.73 bits per heavy atom. The van der Waals surface area contributed by atoms with Gasteiger partial charge in [0.1, 0.15) is 23.8 Å². The zero-order valence-corrected chi connectivity index (χ0v) is 22.5. The molecule has 5 rings (SSSR count). The molecular weight excluding hydrogens is 497 g/mol. The molecule has 1 atom stereocenters. The molecule has 7 nitrogen and oxygen atoms in total. The van der Waals surface area contributed by atoms with Crippen LogP contribution in [0.3, 0.4) is 0 Å². The van der Waals surface area contributed by atoms with Crippen molar-refractivity contribution in [2.75, 3.05) is 33.4 Å². The van der Waals surface area contributed by atoms with Crippen LogP contribution in [0.1, 0.15) is 31.9 Å². The third kappa shape index (κ3) is 4.80. The molecule has 0 radical (unpaired) electrons. The number of methoxy groups -OCH3 is 1. The predicted octanol–water partition coefficient (Wildman–Crippen LogP) is 5.83. The van der Waals surface area contributed by atoms with Crippen molar-refractivity contribution in [3.63, 3.8) is 0 Å². The molecule has 3 heterocycles. The van der Waals surface area contributed by atoms with E-state index in [-0.39, 0.29) is 22.7 Å². The van der Waals surface area contributed by atoms with Crippen LogP contribution in [-0.2, 0) is 11.3 Å². The van der Waals surface area contributed by atoms with Gasteiger partial charge in [-0.3, -0.25) is 4.90 Å². The maximum atomic E-state index is 15.9. The van der Waals surface area contributed by atoms with E-state index in [1.54, 1.807) is 18.2 Å². The van der Waals surface area contributed by atoms with E-state index in [9.17, 15) is 4.79 Å². The van der Waals surface area contributed by atoms with Gasteiger partial charge in [0.2, 0.25) is 5.88 Å². The summed E-state index contributed by atoms with van der Waals surface area (Å²) in [6, 6.07) is 7.20.